The molecule has 0 fully saturated rings. The summed E-state index contributed by atoms with van der Waals surface area (Å²) in [7, 11) is 0. The highest BCUT2D eigenvalue weighted by Crippen LogP contribution is 2.17. The van der Waals surface area contributed by atoms with Gasteiger partial charge >= 0.3 is 0 Å². The number of halogens is 1. The van der Waals surface area contributed by atoms with E-state index < -0.39 is 6.10 Å². The summed E-state index contributed by atoms with van der Waals surface area (Å²) >= 11 is 3.36. The second kappa shape index (κ2) is 7.94. The summed E-state index contributed by atoms with van der Waals surface area (Å²) in [6.45, 7) is 1.97. The van der Waals surface area contributed by atoms with Crippen molar-refractivity contribution in [3.63, 3.8) is 0 Å². The molecule has 128 valence electrons. The Morgan fingerprint density at radius 3 is 2.64 bits per heavy atom. The van der Waals surface area contributed by atoms with Gasteiger partial charge < -0.3 is 10.1 Å². The van der Waals surface area contributed by atoms with Crippen molar-refractivity contribution in [2.75, 3.05) is 0 Å². The third kappa shape index (κ3) is 4.45. The lowest BCUT2D eigenvalue weighted by molar-refractivity contribution is -0.127. The lowest BCUT2D eigenvalue weighted by atomic mass is 10.3. The van der Waals surface area contributed by atoms with Crippen LogP contribution in [0.15, 0.2) is 65.4 Å². The largest absolute Gasteiger partial charge is 0.481 e. The van der Waals surface area contributed by atoms with Crippen LogP contribution in [0.3, 0.4) is 0 Å². The highest BCUT2D eigenvalue weighted by molar-refractivity contribution is 9.10. The van der Waals surface area contributed by atoms with Gasteiger partial charge in [-0.2, -0.15) is 0 Å². The molecule has 1 amide bonds. The molecule has 3 aromatic rings. The third-order valence-corrected chi connectivity index (χ3v) is 4.10. The van der Waals surface area contributed by atoms with Gasteiger partial charge in [-0.1, -0.05) is 34.1 Å². The first-order valence-electron chi connectivity index (χ1n) is 7.78. The van der Waals surface area contributed by atoms with E-state index >= 15 is 0 Å². The van der Waals surface area contributed by atoms with Crippen molar-refractivity contribution in [1.82, 2.24) is 20.1 Å². The van der Waals surface area contributed by atoms with Crippen LogP contribution >= 0.6 is 15.9 Å². The number of carbonyl (C=O) groups excluding carboxylic acids is 1. The fraction of sp³-hybridized carbons (Fsp3) is 0.167. The number of hydrogen-bond donors (Lipinski definition) is 1. The van der Waals surface area contributed by atoms with Gasteiger partial charge in [0.2, 0.25) is 0 Å². The van der Waals surface area contributed by atoms with Crippen molar-refractivity contribution in [3.05, 3.63) is 71.2 Å². The van der Waals surface area contributed by atoms with Gasteiger partial charge in [-0.25, -0.2) is 0 Å². The number of carbonyl (C=O) groups is 1. The van der Waals surface area contributed by atoms with E-state index in [4.69, 9.17) is 4.74 Å². The van der Waals surface area contributed by atoms with Crippen molar-refractivity contribution in [3.8, 4) is 11.4 Å². The van der Waals surface area contributed by atoms with E-state index in [1.807, 2.05) is 47.0 Å². The average Bonchev–Trinajstić information content (AvgIpc) is 3.11. The molecule has 3 rings (SSSR count). The van der Waals surface area contributed by atoms with Gasteiger partial charge in [0.05, 0.1) is 6.54 Å². The minimum atomic E-state index is -0.616. The molecule has 1 N–H and O–H groups in total. The first-order valence-corrected chi connectivity index (χ1v) is 8.57. The van der Waals surface area contributed by atoms with E-state index in [0.29, 0.717) is 11.6 Å². The molecule has 0 unspecified atom stereocenters. The van der Waals surface area contributed by atoms with E-state index in [9.17, 15) is 4.79 Å². The molecular formula is C18H17BrN4O2. The molecule has 0 saturated heterocycles. The molecule has 0 aliphatic heterocycles. The molecule has 25 heavy (non-hydrogen) atoms. The summed E-state index contributed by atoms with van der Waals surface area (Å²) in [5, 5.41) is 10.8. The van der Waals surface area contributed by atoms with Gasteiger partial charge in [0.15, 0.2) is 11.9 Å². The molecule has 6 nitrogen and oxygen atoms in total. The summed E-state index contributed by atoms with van der Waals surface area (Å²) in [6.07, 6.45) is 1.01. The number of para-hydroxylation sites is 1. The monoisotopic (exact) mass is 400 g/mol. The van der Waals surface area contributed by atoms with Gasteiger partial charge in [-0.05, 0) is 43.3 Å². The molecule has 2 aromatic carbocycles. The fourth-order valence-corrected chi connectivity index (χ4v) is 2.53. The lowest BCUT2D eigenvalue weighted by Crippen LogP contribution is -2.36. The number of aromatic nitrogens is 3. The highest BCUT2D eigenvalue weighted by Gasteiger charge is 2.16. The molecular weight excluding hydrogens is 384 g/mol. The Morgan fingerprint density at radius 1 is 1.20 bits per heavy atom. The van der Waals surface area contributed by atoms with Gasteiger partial charge in [0.25, 0.3) is 5.91 Å². The maximum Gasteiger partial charge on any atom is 0.261 e. The lowest BCUT2D eigenvalue weighted by Gasteiger charge is -2.15. The van der Waals surface area contributed by atoms with Crippen molar-refractivity contribution in [1.29, 1.82) is 0 Å². The van der Waals surface area contributed by atoms with Crippen LogP contribution in [0.4, 0.5) is 0 Å². The molecule has 0 aliphatic rings. The van der Waals surface area contributed by atoms with Crippen molar-refractivity contribution in [2.45, 2.75) is 19.6 Å². The van der Waals surface area contributed by atoms with E-state index in [0.717, 1.165) is 10.2 Å². The van der Waals surface area contributed by atoms with Crippen LogP contribution in [-0.2, 0) is 11.3 Å². The molecule has 1 atom stereocenters. The Morgan fingerprint density at radius 2 is 1.92 bits per heavy atom. The van der Waals surface area contributed by atoms with E-state index in [1.54, 1.807) is 25.4 Å². The number of rotatable bonds is 6. The van der Waals surface area contributed by atoms with Crippen LogP contribution in [0, 0.1) is 0 Å². The van der Waals surface area contributed by atoms with E-state index in [-0.39, 0.29) is 12.5 Å². The van der Waals surface area contributed by atoms with Crippen molar-refractivity contribution >= 4 is 21.8 Å². The number of benzene rings is 2. The number of nitrogens with one attached hydrogen (secondary N) is 1. The summed E-state index contributed by atoms with van der Waals surface area (Å²) < 4.78 is 8.43. The molecule has 0 spiro atoms. The Hall–Kier alpha value is -2.67. The zero-order valence-corrected chi connectivity index (χ0v) is 15.2. The maximum absolute atomic E-state index is 12.3. The smallest absolute Gasteiger partial charge is 0.261 e. The summed E-state index contributed by atoms with van der Waals surface area (Å²) in [6, 6.07) is 17.1. The van der Waals surface area contributed by atoms with Crippen LogP contribution in [0.5, 0.6) is 5.75 Å². The molecule has 0 saturated carbocycles. The average molecular weight is 401 g/mol. The quantitative estimate of drug-likeness (QED) is 0.689. The van der Waals surface area contributed by atoms with Crippen LogP contribution < -0.4 is 10.1 Å². The van der Waals surface area contributed by atoms with Crippen molar-refractivity contribution in [2.24, 2.45) is 0 Å². The van der Waals surface area contributed by atoms with Crippen LogP contribution in [-0.4, -0.2) is 26.8 Å². The summed E-state index contributed by atoms with van der Waals surface area (Å²) in [5.41, 5.74) is 0.941. The zero-order valence-electron chi connectivity index (χ0n) is 13.6. The van der Waals surface area contributed by atoms with Crippen LogP contribution in [0.25, 0.3) is 5.69 Å². The predicted octanol–water partition coefficient (Wildman–Crippen LogP) is 3.11. The molecule has 0 aliphatic carbocycles. The summed E-state index contributed by atoms with van der Waals surface area (Å²) in [4.78, 5) is 12.3. The minimum Gasteiger partial charge on any atom is -0.481 e. The topological polar surface area (TPSA) is 69.0 Å². The molecule has 1 aromatic heterocycles. The first kappa shape index (κ1) is 17.2. The molecule has 0 radical (unpaired) electrons. The van der Waals surface area contributed by atoms with Crippen LogP contribution in [0.2, 0.25) is 0 Å². The van der Waals surface area contributed by atoms with Gasteiger partial charge in [-0.3, -0.25) is 9.36 Å². The molecule has 0 bridgehead atoms. The standard InChI is InChI=1S/C18H17BrN4O2/c1-13(25-16-9-7-14(19)8-10-16)18(24)20-11-17-22-21-12-23(17)15-5-3-2-4-6-15/h2-10,12-13H,11H2,1H3,(H,20,24)/t13-/m1/s1. The third-order valence-electron chi connectivity index (χ3n) is 3.57. The van der Waals surface area contributed by atoms with Gasteiger partial charge in [0, 0.05) is 10.2 Å². The highest BCUT2D eigenvalue weighted by atomic mass is 79.9. The SMILES string of the molecule is C[C@@H](Oc1ccc(Br)cc1)C(=O)NCc1nncn1-c1ccccc1. The van der Waals surface area contributed by atoms with Crippen LogP contribution in [0.1, 0.15) is 12.7 Å². The second-order valence-electron chi connectivity index (χ2n) is 5.38. The Kier molecular flexibility index (Phi) is 5.45. The van der Waals surface area contributed by atoms with E-state index in [2.05, 4.69) is 31.4 Å². The van der Waals surface area contributed by atoms with E-state index in [1.165, 1.54) is 0 Å². The number of nitrogens with zero attached hydrogens (tertiary/aromatic N) is 3. The predicted molar refractivity (Wildman–Crippen MR) is 97.4 cm³/mol. The number of ether oxygens (including phenoxy) is 1. The fourth-order valence-electron chi connectivity index (χ4n) is 2.26. The van der Waals surface area contributed by atoms with Gasteiger partial charge in [0.1, 0.15) is 12.1 Å². The number of hydrogen-bond acceptors (Lipinski definition) is 4. The first-order chi connectivity index (χ1) is 12.1. The normalized spacial score (nSPS) is 11.8. The maximum atomic E-state index is 12.3. The Bertz CT molecular complexity index is 834. The number of amides is 1. The Labute approximate surface area is 154 Å². The zero-order chi connectivity index (χ0) is 17.6. The molecule has 1 heterocycles. The molecule has 7 heteroatoms. The second-order valence-corrected chi connectivity index (χ2v) is 6.30. The van der Waals surface area contributed by atoms with Crippen molar-refractivity contribution < 1.29 is 9.53 Å². The Balaban J connectivity index is 1.59. The van der Waals surface area contributed by atoms with Gasteiger partial charge in [-0.15, -0.1) is 10.2 Å². The minimum absolute atomic E-state index is 0.217. The summed E-state index contributed by atoms with van der Waals surface area (Å²) in [5.74, 6) is 1.07.